The van der Waals surface area contributed by atoms with Crippen molar-refractivity contribution in [1.82, 2.24) is 0 Å². The summed E-state index contributed by atoms with van der Waals surface area (Å²) in [5.74, 6) is -0.849. The Morgan fingerprint density at radius 3 is 1.14 bits per heavy atom. The molecule has 0 aliphatic heterocycles. The largest absolute Gasteiger partial charge is 0.472 e. The van der Waals surface area contributed by atoms with Crippen LogP contribution in [0.2, 0.25) is 0 Å². The molecule has 10 heteroatoms. The van der Waals surface area contributed by atoms with E-state index in [1.165, 1.54) is 0 Å². The van der Waals surface area contributed by atoms with Crippen LogP contribution >= 0.6 is 7.82 Å². The van der Waals surface area contributed by atoms with E-state index in [0.717, 1.165) is 141 Å². The van der Waals surface area contributed by atoms with Crippen LogP contribution in [0.3, 0.4) is 0 Å². The molecule has 1 N–H and O–H groups in total. The number of likely N-dealkylation sites (N-methyl/N-ethyl adjacent to an activating group) is 1. The summed E-state index contributed by atoms with van der Waals surface area (Å²) in [6, 6.07) is 0. The standard InChI is InChI=1S/C60H98NO8P/c1-6-8-10-12-14-16-18-20-22-24-26-28-29-30-31-33-35-37-39-41-43-45-47-49-51-53-60(63)69-58(57-68-70(64,65)67-55-54-61(3,4)5)56-66-59(62)52-50-48-46-44-42-40-38-36-34-32-27-25-23-21-19-17-15-13-11-9-7-2/h8-11,14-17,20-23,26-28,30-32,35-38,58H,6-7,12-13,18-19,24-25,29,33-34,39-57H2,1-5H3/p+1/b10-8-,11-9-,16-14-,17-15-,22-20-,23-21-,28-26-,31-30-,32-27-,37-35-,38-36-. The van der Waals surface area contributed by atoms with Crippen LogP contribution in [-0.2, 0) is 32.7 Å². The Kier molecular flexibility index (Phi) is 47.3. The second-order valence-corrected chi connectivity index (χ2v) is 19.9. The molecule has 0 heterocycles. The van der Waals surface area contributed by atoms with Crippen LogP contribution in [0.4, 0.5) is 0 Å². The minimum atomic E-state index is -4.40. The van der Waals surface area contributed by atoms with Gasteiger partial charge in [0.2, 0.25) is 0 Å². The van der Waals surface area contributed by atoms with Crippen LogP contribution in [0.25, 0.3) is 0 Å². The average Bonchev–Trinajstić information content (AvgIpc) is 3.32. The molecule has 2 atom stereocenters. The summed E-state index contributed by atoms with van der Waals surface area (Å²) in [6.45, 7) is 4.13. The predicted molar refractivity (Wildman–Crippen MR) is 297 cm³/mol. The van der Waals surface area contributed by atoms with E-state index in [-0.39, 0.29) is 26.1 Å². The van der Waals surface area contributed by atoms with Gasteiger partial charge in [0.05, 0.1) is 27.7 Å². The SMILES string of the molecule is CC/C=C\C/C=C\C/C=C\C/C=C\C/C=C\C/C=C\CCCCCCCCC(=O)OC(COC(=O)CCCCCCC/C=C\C/C=C\C/C=C\C/C=C\C/C=C\CC)COP(=O)(O)OCC[N+](C)(C)C. The quantitative estimate of drug-likeness (QED) is 0.0211. The number of esters is 2. The number of unbranched alkanes of at least 4 members (excludes halogenated alkanes) is 11. The van der Waals surface area contributed by atoms with Gasteiger partial charge in [-0.15, -0.1) is 0 Å². The zero-order chi connectivity index (χ0) is 51.3. The first kappa shape index (κ1) is 66.2. The van der Waals surface area contributed by atoms with Gasteiger partial charge in [0, 0.05) is 12.8 Å². The van der Waals surface area contributed by atoms with Crippen LogP contribution in [0.5, 0.6) is 0 Å². The van der Waals surface area contributed by atoms with Crippen molar-refractivity contribution in [3.05, 3.63) is 134 Å². The van der Waals surface area contributed by atoms with Crippen molar-refractivity contribution in [1.29, 1.82) is 0 Å². The van der Waals surface area contributed by atoms with Crippen molar-refractivity contribution in [2.75, 3.05) is 47.5 Å². The minimum Gasteiger partial charge on any atom is -0.462 e. The maximum absolute atomic E-state index is 12.8. The summed E-state index contributed by atoms with van der Waals surface area (Å²) in [4.78, 5) is 35.6. The second kappa shape index (κ2) is 50.1. The van der Waals surface area contributed by atoms with Gasteiger partial charge < -0.3 is 18.9 Å². The highest BCUT2D eigenvalue weighted by Gasteiger charge is 2.27. The third-order valence-electron chi connectivity index (χ3n) is 10.7. The summed E-state index contributed by atoms with van der Waals surface area (Å²) in [5.41, 5.74) is 0. The fraction of sp³-hybridized carbons (Fsp3) is 0.600. The zero-order valence-electron chi connectivity index (χ0n) is 44.7. The minimum absolute atomic E-state index is 0.0165. The van der Waals surface area contributed by atoms with Gasteiger partial charge in [-0.05, 0) is 109 Å². The molecule has 0 aromatic carbocycles. The lowest BCUT2D eigenvalue weighted by Gasteiger charge is -2.24. The first-order chi connectivity index (χ1) is 34.0. The van der Waals surface area contributed by atoms with Gasteiger partial charge in [-0.1, -0.05) is 192 Å². The summed E-state index contributed by atoms with van der Waals surface area (Å²) >= 11 is 0. The third kappa shape index (κ3) is 53.5. The van der Waals surface area contributed by atoms with E-state index in [0.29, 0.717) is 23.9 Å². The Balaban J connectivity index is 4.34. The van der Waals surface area contributed by atoms with Gasteiger partial charge in [-0.25, -0.2) is 4.57 Å². The molecule has 9 nitrogen and oxygen atoms in total. The summed E-state index contributed by atoms with van der Waals surface area (Å²) < 4.78 is 34.5. The van der Waals surface area contributed by atoms with E-state index >= 15 is 0 Å². The summed E-state index contributed by atoms with van der Waals surface area (Å²) in [5, 5.41) is 0. The number of allylic oxidation sites excluding steroid dienone is 22. The Labute approximate surface area is 428 Å². The molecule has 0 radical (unpaired) electrons. The highest BCUT2D eigenvalue weighted by Crippen LogP contribution is 2.43. The molecule has 0 amide bonds. The van der Waals surface area contributed by atoms with Crippen molar-refractivity contribution in [3.63, 3.8) is 0 Å². The number of hydrogen-bond donors (Lipinski definition) is 1. The number of quaternary nitrogens is 1. The molecule has 0 rings (SSSR count). The lowest BCUT2D eigenvalue weighted by Crippen LogP contribution is -2.37. The molecular weight excluding hydrogens is 894 g/mol. The first-order valence-corrected chi connectivity index (χ1v) is 28.4. The van der Waals surface area contributed by atoms with Crippen molar-refractivity contribution in [2.24, 2.45) is 0 Å². The molecule has 0 bridgehead atoms. The molecule has 0 saturated carbocycles. The number of hydrogen-bond acceptors (Lipinski definition) is 7. The summed E-state index contributed by atoms with van der Waals surface area (Å²) in [7, 11) is 1.43. The molecule has 0 aliphatic carbocycles. The molecule has 2 unspecified atom stereocenters. The summed E-state index contributed by atoms with van der Waals surface area (Å²) in [6.07, 6.45) is 72.2. The molecule has 0 aromatic heterocycles. The predicted octanol–water partition coefficient (Wildman–Crippen LogP) is 16.6. The number of phosphoric ester groups is 1. The fourth-order valence-electron chi connectivity index (χ4n) is 6.57. The number of phosphoric acid groups is 1. The third-order valence-corrected chi connectivity index (χ3v) is 11.7. The lowest BCUT2D eigenvalue weighted by molar-refractivity contribution is -0.870. The molecule has 70 heavy (non-hydrogen) atoms. The Morgan fingerprint density at radius 1 is 0.443 bits per heavy atom. The number of rotatable bonds is 47. The van der Waals surface area contributed by atoms with E-state index in [2.05, 4.69) is 148 Å². The zero-order valence-corrected chi connectivity index (χ0v) is 45.6. The monoisotopic (exact) mass is 993 g/mol. The number of carbonyl (C=O) groups excluding carboxylic acids is 2. The Hall–Kier alpha value is -3.85. The second-order valence-electron chi connectivity index (χ2n) is 18.5. The van der Waals surface area contributed by atoms with E-state index in [9.17, 15) is 19.0 Å². The van der Waals surface area contributed by atoms with Crippen molar-refractivity contribution >= 4 is 19.8 Å². The van der Waals surface area contributed by atoms with Crippen LogP contribution in [0.1, 0.15) is 181 Å². The van der Waals surface area contributed by atoms with E-state index in [1.54, 1.807) is 0 Å². The van der Waals surface area contributed by atoms with Gasteiger partial charge in [-0.2, -0.15) is 0 Å². The fourth-order valence-corrected chi connectivity index (χ4v) is 7.31. The highest BCUT2D eigenvalue weighted by atomic mass is 31.2. The molecule has 0 saturated heterocycles. The topological polar surface area (TPSA) is 108 Å². The highest BCUT2D eigenvalue weighted by molar-refractivity contribution is 7.47. The maximum Gasteiger partial charge on any atom is 0.472 e. The van der Waals surface area contributed by atoms with Gasteiger partial charge in [0.1, 0.15) is 19.8 Å². The van der Waals surface area contributed by atoms with Gasteiger partial charge in [0.25, 0.3) is 0 Å². The first-order valence-electron chi connectivity index (χ1n) is 26.9. The Morgan fingerprint density at radius 2 is 0.771 bits per heavy atom. The molecule has 0 aliphatic rings. The molecule has 396 valence electrons. The van der Waals surface area contributed by atoms with E-state index in [1.807, 2.05) is 21.1 Å². The number of nitrogens with zero attached hydrogens (tertiary/aromatic N) is 1. The molecular formula is C60H99NO8P+. The van der Waals surface area contributed by atoms with Crippen LogP contribution in [0.15, 0.2) is 134 Å². The smallest absolute Gasteiger partial charge is 0.462 e. The van der Waals surface area contributed by atoms with E-state index in [4.69, 9.17) is 18.5 Å². The van der Waals surface area contributed by atoms with Crippen LogP contribution in [0, 0.1) is 0 Å². The number of carbonyl (C=O) groups is 2. The van der Waals surface area contributed by atoms with Crippen LogP contribution in [-0.4, -0.2) is 74.9 Å². The van der Waals surface area contributed by atoms with E-state index < -0.39 is 32.5 Å². The van der Waals surface area contributed by atoms with Gasteiger partial charge >= 0.3 is 19.8 Å². The lowest BCUT2D eigenvalue weighted by atomic mass is 10.1. The van der Waals surface area contributed by atoms with Gasteiger partial charge in [-0.3, -0.25) is 18.6 Å². The molecule has 0 spiro atoms. The number of ether oxygens (including phenoxy) is 2. The average molecular weight is 993 g/mol. The van der Waals surface area contributed by atoms with Crippen LogP contribution < -0.4 is 0 Å². The van der Waals surface area contributed by atoms with Crippen molar-refractivity contribution in [3.8, 4) is 0 Å². The maximum atomic E-state index is 12.8. The molecule has 0 aromatic rings. The Bertz CT molecular complexity index is 1640. The van der Waals surface area contributed by atoms with Crippen molar-refractivity contribution < 1.29 is 42.1 Å². The normalized spacial score (nSPS) is 14.4. The van der Waals surface area contributed by atoms with Crippen molar-refractivity contribution in [2.45, 2.75) is 187 Å². The van der Waals surface area contributed by atoms with Gasteiger partial charge in [0.15, 0.2) is 6.10 Å². The molecule has 0 fully saturated rings.